The molecule has 152 valence electrons. The second-order valence-electron chi connectivity index (χ2n) is 5.21. The zero-order valence-electron chi connectivity index (χ0n) is 12.3. The fourth-order valence-corrected chi connectivity index (χ4v) is 1.79. The van der Waals surface area contributed by atoms with Gasteiger partial charge in [0.2, 0.25) is 0 Å². The lowest BCUT2D eigenvalue weighted by Crippen LogP contribution is -2.41. The first-order valence-corrected chi connectivity index (χ1v) is 6.84. The van der Waals surface area contributed by atoms with Crippen molar-refractivity contribution < 1.29 is 57.4 Å². The predicted molar refractivity (Wildman–Crippen MR) is 60.6 cm³/mol. The van der Waals surface area contributed by atoms with E-state index in [9.17, 15) is 52.7 Å². The zero-order chi connectivity index (χ0) is 20.1. The highest BCUT2D eigenvalue weighted by molar-refractivity contribution is 4.76. The van der Waals surface area contributed by atoms with Crippen LogP contribution in [0.5, 0.6) is 0 Å². The molecular formula is C12H14F12O. The van der Waals surface area contributed by atoms with E-state index in [1.54, 1.807) is 0 Å². The van der Waals surface area contributed by atoms with E-state index in [-0.39, 0.29) is 0 Å². The van der Waals surface area contributed by atoms with Gasteiger partial charge in [-0.2, -0.15) is 52.7 Å². The Hall–Kier alpha value is -0.880. The van der Waals surface area contributed by atoms with Crippen molar-refractivity contribution in [2.75, 3.05) is 0 Å². The average Bonchev–Trinajstić information content (AvgIpc) is 2.30. The van der Waals surface area contributed by atoms with E-state index in [1.807, 2.05) is 0 Å². The maximum Gasteiger partial charge on any atom is 0.414 e. The lowest BCUT2D eigenvalue weighted by atomic mass is 10.1. The zero-order valence-corrected chi connectivity index (χ0v) is 12.3. The largest absolute Gasteiger partial charge is 0.414 e. The molecule has 0 rings (SSSR count). The Morgan fingerprint density at radius 2 is 0.800 bits per heavy atom. The van der Waals surface area contributed by atoms with Gasteiger partial charge >= 0.3 is 24.7 Å². The van der Waals surface area contributed by atoms with E-state index >= 15 is 0 Å². The van der Waals surface area contributed by atoms with Crippen molar-refractivity contribution in [3.8, 4) is 0 Å². The molecule has 0 amide bonds. The van der Waals surface area contributed by atoms with Gasteiger partial charge in [-0.15, -0.1) is 0 Å². The van der Waals surface area contributed by atoms with Crippen LogP contribution in [-0.2, 0) is 4.74 Å². The van der Waals surface area contributed by atoms with Crippen LogP contribution in [0.1, 0.15) is 38.5 Å². The van der Waals surface area contributed by atoms with Crippen LogP contribution in [0.15, 0.2) is 0 Å². The van der Waals surface area contributed by atoms with Crippen molar-refractivity contribution in [2.45, 2.75) is 75.4 Å². The summed E-state index contributed by atoms with van der Waals surface area (Å²) in [4.78, 5) is 0. The Labute approximate surface area is 134 Å². The van der Waals surface area contributed by atoms with Gasteiger partial charge in [0.15, 0.2) is 12.2 Å². The number of rotatable bonds is 8. The summed E-state index contributed by atoms with van der Waals surface area (Å²) in [6, 6.07) is 0. The van der Waals surface area contributed by atoms with Crippen molar-refractivity contribution in [1.29, 1.82) is 0 Å². The second kappa shape index (κ2) is 8.67. The molecule has 0 saturated carbocycles. The summed E-state index contributed by atoms with van der Waals surface area (Å²) in [6.45, 7) is 0. The Balaban J connectivity index is 4.90. The molecule has 0 bridgehead atoms. The smallest absolute Gasteiger partial charge is 0.356 e. The molecule has 0 fully saturated rings. The SMILES string of the molecule is FC(F)(F)CCCC(OC(CCCC(F)(F)F)C(F)(F)F)C(F)(F)F. The summed E-state index contributed by atoms with van der Waals surface area (Å²) in [7, 11) is 0. The lowest BCUT2D eigenvalue weighted by Gasteiger charge is -2.28. The van der Waals surface area contributed by atoms with E-state index < -0.39 is 75.4 Å². The fourth-order valence-electron chi connectivity index (χ4n) is 1.79. The first-order chi connectivity index (χ1) is 10.9. The van der Waals surface area contributed by atoms with Crippen LogP contribution in [0.3, 0.4) is 0 Å². The van der Waals surface area contributed by atoms with Crippen LogP contribution in [-0.4, -0.2) is 36.9 Å². The predicted octanol–water partition coefficient (Wildman–Crippen LogP) is 6.33. The molecule has 0 heterocycles. The molecule has 0 aromatic rings. The quantitative estimate of drug-likeness (QED) is 0.431. The highest BCUT2D eigenvalue weighted by Gasteiger charge is 2.48. The summed E-state index contributed by atoms with van der Waals surface area (Å²) < 4.78 is 151. The van der Waals surface area contributed by atoms with Crippen molar-refractivity contribution in [1.82, 2.24) is 0 Å². The van der Waals surface area contributed by atoms with Crippen molar-refractivity contribution in [2.24, 2.45) is 0 Å². The molecule has 0 radical (unpaired) electrons. The first-order valence-electron chi connectivity index (χ1n) is 6.84. The van der Waals surface area contributed by atoms with Crippen molar-refractivity contribution in [3.63, 3.8) is 0 Å². The van der Waals surface area contributed by atoms with Gasteiger partial charge in [0.1, 0.15) is 0 Å². The highest BCUT2D eigenvalue weighted by atomic mass is 19.4. The number of halogens is 12. The van der Waals surface area contributed by atoms with E-state index in [4.69, 9.17) is 0 Å². The summed E-state index contributed by atoms with van der Waals surface area (Å²) in [6.07, 6.45) is -35.1. The van der Waals surface area contributed by atoms with Crippen molar-refractivity contribution in [3.05, 3.63) is 0 Å². The Bertz CT molecular complexity index is 342. The molecule has 0 aromatic carbocycles. The second-order valence-corrected chi connectivity index (χ2v) is 5.21. The topological polar surface area (TPSA) is 9.23 Å². The van der Waals surface area contributed by atoms with Gasteiger partial charge in [-0.25, -0.2) is 0 Å². The molecular weight excluding hydrogens is 388 g/mol. The maximum atomic E-state index is 12.6. The Kier molecular flexibility index (Phi) is 8.37. The number of alkyl halides is 12. The minimum Gasteiger partial charge on any atom is -0.356 e. The molecule has 0 spiro atoms. The number of ether oxygens (including phenoxy) is 1. The Morgan fingerprint density at radius 1 is 0.520 bits per heavy atom. The monoisotopic (exact) mass is 402 g/mol. The van der Waals surface area contributed by atoms with Gasteiger partial charge in [0.25, 0.3) is 0 Å². The molecule has 2 unspecified atom stereocenters. The van der Waals surface area contributed by atoms with Crippen LogP contribution in [0, 0.1) is 0 Å². The number of hydrogen-bond acceptors (Lipinski definition) is 1. The summed E-state index contributed by atoms with van der Waals surface area (Å²) in [5.74, 6) is 0. The van der Waals surface area contributed by atoms with Crippen molar-refractivity contribution >= 4 is 0 Å². The minimum atomic E-state index is -5.39. The van der Waals surface area contributed by atoms with Crippen LogP contribution in [0.2, 0.25) is 0 Å². The summed E-state index contributed by atoms with van der Waals surface area (Å²) in [5, 5.41) is 0. The normalized spacial score (nSPS) is 16.8. The first kappa shape index (κ1) is 24.1. The van der Waals surface area contributed by atoms with Gasteiger partial charge in [0, 0.05) is 12.8 Å². The molecule has 0 aliphatic rings. The average molecular weight is 402 g/mol. The van der Waals surface area contributed by atoms with Crippen LogP contribution in [0.4, 0.5) is 52.7 Å². The lowest BCUT2D eigenvalue weighted by molar-refractivity contribution is -0.289. The highest BCUT2D eigenvalue weighted by Crippen LogP contribution is 2.36. The molecule has 0 N–H and O–H groups in total. The van der Waals surface area contributed by atoms with Crippen LogP contribution < -0.4 is 0 Å². The van der Waals surface area contributed by atoms with Gasteiger partial charge < -0.3 is 4.74 Å². The van der Waals surface area contributed by atoms with E-state index in [2.05, 4.69) is 4.74 Å². The third-order valence-electron chi connectivity index (χ3n) is 2.91. The molecule has 0 aliphatic carbocycles. The standard InChI is InChI=1S/C12H14F12O/c13-9(14,15)5-1-3-7(11(19,20)21)25-8(12(22,23)24)4-2-6-10(16,17)18/h7-8H,1-6H2. The van der Waals surface area contributed by atoms with Gasteiger partial charge in [-0.1, -0.05) is 0 Å². The van der Waals surface area contributed by atoms with E-state index in [1.165, 1.54) is 0 Å². The Morgan fingerprint density at radius 3 is 1.00 bits per heavy atom. The van der Waals surface area contributed by atoms with Gasteiger partial charge in [0.05, 0.1) is 0 Å². The maximum absolute atomic E-state index is 12.6. The molecule has 0 saturated heterocycles. The molecule has 1 nitrogen and oxygen atoms in total. The molecule has 0 aromatic heterocycles. The van der Waals surface area contributed by atoms with Gasteiger partial charge in [-0.05, 0) is 25.7 Å². The molecule has 0 aliphatic heterocycles. The molecule has 13 heteroatoms. The molecule has 25 heavy (non-hydrogen) atoms. The third-order valence-corrected chi connectivity index (χ3v) is 2.91. The van der Waals surface area contributed by atoms with Gasteiger partial charge in [-0.3, -0.25) is 0 Å². The van der Waals surface area contributed by atoms with Crippen LogP contribution in [0.25, 0.3) is 0 Å². The van der Waals surface area contributed by atoms with Crippen LogP contribution >= 0.6 is 0 Å². The summed E-state index contributed by atoms with van der Waals surface area (Å²) >= 11 is 0. The number of hydrogen-bond donors (Lipinski definition) is 0. The van der Waals surface area contributed by atoms with E-state index in [0.29, 0.717) is 0 Å². The minimum absolute atomic E-state index is 1.14. The van der Waals surface area contributed by atoms with E-state index in [0.717, 1.165) is 0 Å². The molecule has 2 atom stereocenters. The third kappa shape index (κ3) is 12.2. The fraction of sp³-hybridized carbons (Fsp3) is 1.00. The summed E-state index contributed by atoms with van der Waals surface area (Å²) in [5.41, 5.74) is 0.